The first kappa shape index (κ1) is 36.0. The molecule has 0 aromatic heterocycles. The second-order valence-electron chi connectivity index (χ2n) is 2.23. The average Bonchev–Trinajstić information content (AvgIpc) is 1.93. The maximum atomic E-state index is 10.5. The number of amides is 1. The first-order valence-corrected chi connectivity index (χ1v) is 3.25. The van der Waals surface area contributed by atoms with Crippen molar-refractivity contribution < 1.29 is 68.3 Å². The molecule has 1 aromatic rings. The second-order valence-corrected chi connectivity index (χ2v) is 2.23. The van der Waals surface area contributed by atoms with Crippen LogP contribution in [0, 0.1) is 0 Å². The normalized spacial score (nSPS) is 5.94. The van der Waals surface area contributed by atoms with Crippen LogP contribution >= 0.6 is 0 Å². The van der Waals surface area contributed by atoms with E-state index in [1.807, 2.05) is 0 Å². The number of aromatic hydroxyl groups is 1. The average molecular weight is 265 g/mol. The quantitative estimate of drug-likeness (QED) is 0.376. The zero-order chi connectivity index (χ0) is 8.27. The minimum Gasteiger partial charge on any atom is -1.00 e. The Balaban J connectivity index is -0.0000000346. The minimum atomic E-state index is -0.115. The number of hydrogen-bond donors (Lipinski definition) is 2. The molecule has 0 aliphatic carbocycles. The van der Waals surface area contributed by atoms with Crippen LogP contribution in [0.4, 0.5) is 5.69 Å². The number of benzene rings is 1. The van der Waals surface area contributed by atoms with Gasteiger partial charge in [-0.1, -0.05) is 0 Å². The smallest absolute Gasteiger partial charge is 1.00 e. The van der Waals surface area contributed by atoms with E-state index in [-0.39, 0.29) is 70.0 Å². The predicted octanol–water partition coefficient (Wildman–Crippen LogP) is -5.66. The van der Waals surface area contributed by atoms with E-state index in [4.69, 9.17) is 5.11 Å². The fraction of sp³-hybridized carbons (Fsp3) is 0.125. The van der Waals surface area contributed by atoms with Crippen LogP contribution in [0.25, 0.3) is 0 Å². The van der Waals surface area contributed by atoms with Gasteiger partial charge in [0.15, 0.2) is 0 Å². The molecule has 0 saturated heterocycles. The van der Waals surface area contributed by atoms with Crippen LogP contribution in [0.3, 0.4) is 0 Å². The van der Waals surface area contributed by atoms with Gasteiger partial charge in [-0.2, -0.15) is 0 Å². The number of phenols is 1. The van der Waals surface area contributed by atoms with Crippen LogP contribution in [0.2, 0.25) is 0 Å². The molecule has 0 unspecified atom stereocenters. The summed E-state index contributed by atoms with van der Waals surface area (Å²) in [5.74, 6) is 0.0785. The molecule has 12 N–H and O–H groups in total. The van der Waals surface area contributed by atoms with E-state index < -0.39 is 0 Å². The molecule has 0 bridgehead atoms. The number of nitrogens with one attached hydrogen (secondary N) is 1. The van der Waals surface area contributed by atoms with Crippen LogP contribution in [-0.4, -0.2) is 38.4 Å². The van der Waals surface area contributed by atoms with Gasteiger partial charge in [-0.3, -0.25) is 4.79 Å². The molecule has 9 heteroatoms. The van der Waals surface area contributed by atoms with Crippen molar-refractivity contribution >= 4 is 11.6 Å². The first-order chi connectivity index (χ1) is 5.18. The summed E-state index contributed by atoms with van der Waals surface area (Å²) in [5, 5.41) is 11.5. The van der Waals surface area contributed by atoms with E-state index in [0.717, 1.165) is 0 Å². The largest absolute Gasteiger partial charge is 1.00 e. The number of carbonyl (C=O) groups is 1. The fourth-order valence-corrected chi connectivity index (χ4v) is 0.748. The van der Waals surface area contributed by atoms with Gasteiger partial charge in [-0.05, 0) is 24.3 Å². The van der Waals surface area contributed by atoms with Crippen LogP contribution in [0.1, 0.15) is 8.35 Å². The van der Waals surface area contributed by atoms with E-state index in [2.05, 4.69) is 5.32 Å². The van der Waals surface area contributed by atoms with Crippen molar-refractivity contribution in [1.82, 2.24) is 0 Å². The maximum Gasteiger partial charge on any atom is 1.00 e. The molecule has 1 aromatic carbocycles. The summed E-state index contributed by atoms with van der Waals surface area (Å²) < 4.78 is 0. The maximum absolute atomic E-state index is 10.5. The Bertz CT molecular complexity index is 273. The summed E-state index contributed by atoms with van der Waals surface area (Å²) in [4.78, 5) is 10.5. The summed E-state index contributed by atoms with van der Waals surface area (Å²) in [6, 6.07) is 6.31. The summed E-state index contributed by atoms with van der Waals surface area (Å²) in [7, 11) is 0. The van der Waals surface area contributed by atoms with Crippen LogP contribution < -0.4 is 34.9 Å². The molecule has 0 spiro atoms. The molecule has 0 fully saturated rings. The zero-order valence-electron chi connectivity index (χ0n) is 10.7. The molecule has 1 rings (SSSR count). The summed E-state index contributed by atoms with van der Waals surface area (Å²) in [5.41, 5.74) is 0.690. The number of hydrogen-bond acceptors (Lipinski definition) is 2. The van der Waals surface area contributed by atoms with Crippen molar-refractivity contribution in [3.8, 4) is 5.75 Å². The molecular formula is C8H20NNaO7. The molecule has 0 saturated carbocycles. The van der Waals surface area contributed by atoms with Crippen LogP contribution in [0.5, 0.6) is 5.75 Å². The zero-order valence-corrected chi connectivity index (χ0v) is 11.7. The SMILES string of the molecule is CC(=O)Nc1ccc(O)cc1.O.O.O.O.O.[H-].[Na+]. The topological polar surface area (TPSA) is 207 Å². The monoisotopic (exact) mass is 265 g/mol. The third-order valence-corrected chi connectivity index (χ3v) is 1.19. The molecule has 0 aliphatic rings. The van der Waals surface area contributed by atoms with Gasteiger partial charge in [0.05, 0.1) is 0 Å². The fourth-order valence-electron chi connectivity index (χ4n) is 0.748. The number of phenolic OH excluding ortho intramolecular Hbond substituents is 1. The summed E-state index contributed by atoms with van der Waals surface area (Å²) in [6.07, 6.45) is 0. The third-order valence-electron chi connectivity index (χ3n) is 1.19. The van der Waals surface area contributed by atoms with Crippen molar-refractivity contribution in [2.75, 3.05) is 5.32 Å². The van der Waals surface area contributed by atoms with Gasteiger partial charge in [0.25, 0.3) is 0 Å². The van der Waals surface area contributed by atoms with Gasteiger partial charge < -0.3 is 39.2 Å². The second kappa shape index (κ2) is 17.7. The van der Waals surface area contributed by atoms with E-state index >= 15 is 0 Å². The first-order valence-electron chi connectivity index (χ1n) is 3.25. The Kier molecular flexibility index (Phi) is 37.4. The molecule has 0 aliphatic heterocycles. The van der Waals surface area contributed by atoms with Crippen molar-refractivity contribution in [2.45, 2.75) is 6.92 Å². The van der Waals surface area contributed by atoms with E-state index in [1.54, 1.807) is 12.1 Å². The van der Waals surface area contributed by atoms with Gasteiger partial charge in [0.2, 0.25) is 5.91 Å². The van der Waals surface area contributed by atoms with Gasteiger partial charge in [-0.15, -0.1) is 0 Å². The van der Waals surface area contributed by atoms with E-state index in [1.165, 1.54) is 19.1 Å². The Morgan fingerprint density at radius 3 is 1.71 bits per heavy atom. The molecule has 8 nitrogen and oxygen atoms in total. The molecule has 0 atom stereocenters. The molecule has 17 heavy (non-hydrogen) atoms. The Morgan fingerprint density at radius 2 is 1.41 bits per heavy atom. The van der Waals surface area contributed by atoms with Crippen molar-refractivity contribution in [3.05, 3.63) is 24.3 Å². The minimum absolute atomic E-state index is 0. The molecule has 1 amide bonds. The Labute approximate surface area is 122 Å². The molecular weight excluding hydrogens is 245 g/mol. The Hall–Kier alpha value is -0.710. The summed E-state index contributed by atoms with van der Waals surface area (Å²) >= 11 is 0. The summed E-state index contributed by atoms with van der Waals surface area (Å²) in [6.45, 7) is 1.44. The predicted molar refractivity (Wildman–Crippen MR) is 61.6 cm³/mol. The molecule has 100 valence electrons. The van der Waals surface area contributed by atoms with Gasteiger partial charge in [0.1, 0.15) is 5.75 Å². The standard InChI is InChI=1S/C8H9NO2.Na.5H2O.H/c1-6(10)9-7-2-4-8(11)5-3-7;;;;;;;/h2-5,11H,1H3,(H,9,10);;5*1H2;/q;+1;;;;;;-1. The van der Waals surface area contributed by atoms with Crippen LogP contribution in [-0.2, 0) is 4.79 Å². The van der Waals surface area contributed by atoms with Gasteiger partial charge >= 0.3 is 29.6 Å². The van der Waals surface area contributed by atoms with Crippen LogP contribution in [0.15, 0.2) is 24.3 Å². The van der Waals surface area contributed by atoms with Crippen molar-refractivity contribution in [1.29, 1.82) is 0 Å². The number of anilines is 1. The third kappa shape index (κ3) is 15.3. The van der Waals surface area contributed by atoms with Gasteiger partial charge in [-0.25, -0.2) is 0 Å². The molecule has 0 radical (unpaired) electrons. The van der Waals surface area contributed by atoms with Crippen molar-refractivity contribution in [3.63, 3.8) is 0 Å². The Morgan fingerprint density at radius 1 is 1.06 bits per heavy atom. The number of rotatable bonds is 1. The molecule has 0 heterocycles. The van der Waals surface area contributed by atoms with E-state index in [0.29, 0.717) is 5.69 Å². The van der Waals surface area contributed by atoms with E-state index in [9.17, 15) is 4.79 Å². The van der Waals surface area contributed by atoms with Gasteiger partial charge in [0, 0.05) is 12.6 Å². The number of carbonyl (C=O) groups excluding carboxylic acids is 1. The van der Waals surface area contributed by atoms with Crippen molar-refractivity contribution in [2.24, 2.45) is 0 Å².